The molecule has 0 radical (unpaired) electrons. The summed E-state index contributed by atoms with van der Waals surface area (Å²) < 4.78 is 15.5. The summed E-state index contributed by atoms with van der Waals surface area (Å²) in [6.45, 7) is 5.31. The highest BCUT2D eigenvalue weighted by Crippen LogP contribution is 2.18. The third-order valence-electron chi connectivity index (χ3n) is 2.80. The smallest absolute Gasteiger partial charge is 0.146 e. The molecule has 0 unspecified atom stereocenters. The van der Waals surface area contributed by atoms with Gasteiger partial charge in [-0.3, -0.25) is 0 Å². The molecular weight excluding hydrogens is 217 g/mol. The molecule has 0 aliphatic carbocycles. The number of rotatable bonds is 4. The van der Waals surface area contributed by atoms with E-state index in [-0.39, 0.29) is 5.82 Å². The lowest BCUT2D eigenvalue weighted by molar-refractivity contribution is 0.626. The van der Waals surface area contributed by atoms with Gasteiger partial charge in [-0.25, -0.2) is 9.37 Å². The lowest BCUT2D eigenvalue weighted by Gasteiger charge is -2.11. The second-order valence-corrected chi connectivity index (χ2v) is 4.03. The van der Waals surface area contributed by atoms with Crippen LogP contribution in [0.3, 0.4) is 0 Å². The molecule has 3 nitrogen and oxygen atoms in total. The average molecular weight is 233 g/mol. The normalized spacial score (nSPS) is 10.5. The van der Waals surface area contributed by atoms with Crippen LogP contribution in [0, 0.1) is 19.7 Å². The van der Waals surface area contributed by atoms with Gasteiger partial charge in [-0.05, 0) is 25.5 Å². The Morgan fingerprint density at radius 1 is 1.35 bits per heavy atom. The van der Waals surface area contributed by atoms with E-state index >= 15 is 0 Å². The van der Waals surface area contributed by atoms with Gasteiger partial charge in [-0.1, -0.05) is 12.1 Å². The number of aryl methyl sites for hydroxylation is 2. The van der Waals surface area contributed by atoms with Gasteiger partial charge in [0.15, 0.2) is 0 Å². The van der Waals surface area contributed by atoms with Crippen molar-refractivity contribution in [1.29, 1.82) is 0 Å². The van der Waals surface area contributed by atoms with E-state index in [9.17, 15) is 4.39 Å². The molecule has 0 atom stereocenters. The molecule has 1 heterocycles. The van der Waals surface area contributed by atoms with Crippen LogP contribution in [0.4, 0.5) is 10.1 Å². The van der Waals surface area contributed by atoms with Gasteiger partial charge in [0.2, 0.25) is 0 Å². The Hall–Kier alpha value is -1.84. The van der Waals surface area contributed by atoms with Gasteiger partial charge in [0.1, 0.15) is 11.6 Å². The number of benzene rings is 1. The summed E-state index contributed by atoms with van der Waals surface area (Å²) in [5.74, 6) is 0.768. The zero-order valence-corrected chi connectivity index (χ0v) is 10.1. The standard InChI is InChI=1S/C13H16FN3/c1-10-4-3-5-12(14)13(10)16-7-9-17-8-6-15-11(17)2/h3-6,8,16H,7,9H2,1-2H3. The van der Waals surface area contributed by atoms with Crippen molar-refractivity contribution in [2.24, 2.45) is 0 Å². The molecule has 0 fully saturated rings. The lowest BCUT2D eigenvalue weighted by atomic mass is 10.2. The molecule has 1 N–H and O–H groups in total. The van der Waals surface area contributed by atoms with Crippen molar-refractivity contribution in [3.63, 3.8) is 0 Å². The second kappa shape index (κ2) is 4.99. The third kappa shape index (κ3) is 2.64. The first-order valence-corrected chi connectivity index (χ1v) is 5.65. The molecule has 2 rings (SSSR count). The minimum Gasteiger partial charge on any atom is -0.381 e. The third-order valence-corrected chi connectivity index (χ3v) is 2.80. The van der Waals surface area contributed by atoms with Crippen LogP contribution in [0.15, 0.2) is 30.6 Å². The van der Waals surface area contributed by atoms with Gasteiger partial charge in [0.05, 0.1) is 5.69 Å². The van der Waals surface area contributed by atoms with Crippen LogP contribution in [-0.2, 0) is 6.54 Å². The summed E-state index contributed by atoms with van der Waals surface area (Å²) in [5, 5.41) is 3.12. The zero-order valence-electron chi connectivity index (χ0n) is 10.1. The molecule has 17 heavy (non-hydrogen) atoms. The van der Waals surface area contributed by atoms with Crippen molar-refractivity contribution in [3.8, 4) is 0 Å². The molecule has 1 aromatic heterocycles. The number of hydrogen-bond donors (Lipinski definition) is 1. The summed E-state index contributed by atoms with van der Waals surface area (Å²) in [6.07, 6.45) is 3.69. The van der Waals surface area contributed by atoms with E-state index in [0.717, 1.165) is 17.9 Å². The van der Waals surface area contributed by atoms with Crippen LogP contribution >= 0.6 is 0 Å². The zero-order chi connectivity index (χ0) is 12.3. The van der Waals surface area contributed by atoms with E-state index in [1.165, 1.54) is 6.07 Å². The molecule has 0 saturated carbocycles. The minimum absolute atomic E-state index is 0.202. The van der Waals surface area contributed by atoms with Crippen LogP contribution < -0.4 is 5.32 Å². The first-order chi connectivity index (χ1) is 8.18. The fourth-order valence-electron chi connectivity index (χ4n) is 1.80. The van der Waals surface area contributed by atoms with Gasteiger partial charge in [0, 0.05) is 25.5 Å². The minimum atomic E-state index is -0.202. The number of anilines is 1. The van der Waals surface area contributed by atoms with E-state index in [1.807, 2.05) is 30.7 Å². The first kappa shape index (κ1) is 11.6. The van der Waals surface area contributed by atoms with Crippen molar-refractivity contribution in [3.05, 3.63) is 47.8 Å². The molecule has 2 aromatic rings. The molecule has 0 amide bonds. The molecule has 4 heteroatoms. The van der Waals surface area contributed by atoms with Crippen molar-refractivity contribution in [1.82, 2.24) is 9.55 Å². The van der Waals surface area contributed by atoms with Gasteiger partial charge in [0.25, 0.3) is 0 Å². The molecule has 0 aliphatic rings. The maximum Gasteiger partial charge on any atom is 0.146 e. The molecule has 1 aromatic carbocycles. The summed E-state index contributed by atoms with van der Waals surface area (Å²) >= 11 is 0. The maximum atomic E-state index is 13.5. The Kier molecular flexibility index (Phi) is 3.42. The van der Waals surface area contributed by atoms with Crippen molar-refractivity contribution < 1.29 is 4.39 Å². The predicted molar refractivity (Wildman–Crippen MR) is 66.6 cm³/mol. The highest BCUT2D eigenvalue weighted by atomic mass is 19.1. The van der Waals surface area contributed by atoms with E-state index in [1.54, 1.807) is 12.3 Å². The number of halogens is 1. The Morgan fingerprint density at radius 2 is 2.18 bits per heavy atom. The van der Waals surface area contributed by atoms with Gasteiger partial charge in [-0.2, -0.15) is 0 Å². The van der Waals surface area contributed by atoms with Crippen LogP contribution in [0.1, 0.15) is 11.4 Å². The van der Waals surface area contributed by atoms with Crippen LogP contribution in [0.5, 0.6) is 0 Å². The van der Waals surface area contributed by atoms with E-state index in [2.05, 4.69) is 10.3 Å². The molecule has 90 valence electrons. The van der Waals surface area contributed by atoms with E-state index < -0.39 is 0 Å². The van der Waals surface area contributed by atoms with E-state index in [4.69, 9.17) is 0 Å². The Bertz CT molecular complexity index is 485. The summed E-state index contributed by atoms with van der Waals surface area (Å²) in [4.78, 5) is 4.14. The van der Waals surface area contributed by atoms with Gasteiger partial charge in [-0.15, -0.1) is 0 Å². The average Bonchev–Trinajstić information content (AvgIpc) is 2.69. The molecule has 0 aliphatic heterocycles. The molecule has 0 spiro atoms. The molecular formula is C13H16FN3. The highest BCUT2D eigenvalue weighted by molar-refractivity contribution is 5.51. The van der Waals surface area contributed by atoms with E-state index in [0.29, 0.717) is 12.2 Å². The number of nitrogens with zero attached hydrogens (tertiary/aromatic N) is 2. The lowest BCUT2D eigenvalue weighted by Crippen LogP contribution is -2.12. The maximum absolute atomic E-state index is 13.5. The SMILES string of the molecule is Cc1cccc(F)c1NCCn1ccnc1C. The summed E-state index contributed by atoms with van der Waals surface area (Å²) in [5.41, 5.74) is 1.51. The number of nitrogens with one attached hydrogen (secondary N) is 1. The Labute approximate surface area is 100 Å². The molecule has 0 saturated heterocycles. The van der Waals surface area contributed by atoms with Gasteiger partial charge >= 0.3 is 0 Å². The van der Waals surface area contributed by atoms with Crippen LogP contribution in [-0.4, -0.2) is 16.1 Å². The first-order valence-electron chi connectivity index (χ1n) is 5.65. The Morgan fingerprint density at radius 3 is 2.82 bits per heavy atom. The van der Waals surface area contributed by atoms with Crippen LogP contribution in [0.2, 0.25) is 0 Å². The van der Waals surface area contributed by atoms with Crippen molar-refractivity contribution in [2.75, 3.05) is 11.9 Å². The van der Waals surface area contributed by atoms with Gasteiger partial charge < -0.3 is 9.88 Å². The second-order valence-electron chi connectivity index (χ2n) is 4.03. The summed E-state index contributed by atoms with van der Waals surface area (Å²) in [6, 6.07) is 5.08. The number of hydrogen-bond acceptors (Lipinski definition) is 2. The number of para-hydroxylation sites is 1. The summed E-state index contributed by atoms with van der Waals surface area (Å²) in [7, 11) is 0. The quantitative estimate of drug-likeness (QED) is 0.880. The monoisotopic (exact) mass is 233 g/mol. The fourth-order valence-corrected chi connectivity index (χ4v) is 1.80. The highest BCUT2D eigenvalue weighted by Gasteiger charge is 2.04. The van der Waals surface area contributed by atoms with Crippen molar-refractivity contribution in [2.45, 2.75) is 20.4 Å². The largest absolute Gasteiger partial charge is 0.381 e. The molecule has 0 bridgehead atoms. The fraction of sp³-hybridized carbons (Fsp3) is 0.308. The topological polar surface area (TPSA) is 29.9 Å². The predicted octanol–water partition coefficient (Wildman–Crippen LogP) is 2.75. The number of aromatic nitrogens is 2. The number of imidazole rings is 1. The van der Waals surface area contributed by atoms with Crippen molar-refractivity contribution >= 4 is 5.69 Å². The Balaban J connectivity index is 1.97. The van der Waals surface area contributed by atoms with Crippen LogP contribution in [0.25, 0.3) is 0 Å².